The summed E-state index contributed by atoms with van der Waals surface area (Å²) >= 11 is 0.876. The fourth-order valence-electron chi connectivity index (χ4n) is 3.26. The van der Waals surface area contributed by atoms with Crippen molar-refractivity contribution in [2.75, 3.05) is 6.54 Å². The van der Waals surface area contributed by atoms with Gasteiger partial charge in [0, 0.05) is 18.5 Å². The Bertz CT molecular complexity index is 887. The molecule has 2 aromatic carbocycles. The Kier molecular flexibility index (Phi) is 4.85. The maximum absolute atomic E-state index is 12.9. The van der Waals surface area contributed by atoms with Gasteiger partial charge in [-0.15, -0.1) is 0 Å². The fourth-order valence-corrected chi connectivity index (χ4v) is 4.07. The van der Waals surface area contributed by atoms with Crippen molar-refractivity contribution < 1.29 is 19.1 Å². The Labute approximate surface area is 160 Å². The molecule has 1 N–H and O–H groups in total. The van der Waals surface area contributed by atoms with Crippen LogP contribution >= 0.6 is 11.8 Å². The summed E-state index contributed by atoms with van der Waals surface area (Å²) < 4.78 is 6.20. The van der Waals surface area contributed by atoms with Crippen molar-refractivity contribution in [3.8, 4) is 5.75 Å². The number of thioether (sulfide) groups is 1. The van der Waals surface area contributed by atoms with Crippen molar-refractivity contribution in [2.24, 2.45) is 0 Å². The van der Waals surface area contributed by atoms with Crippen LogP contribution in [0, 0.1) is 0 Å². The number of ether oxygens (including phenoxy) is 1. The van der Waals surface area contributed by atoms with Gasteiger partial charge >= 0.3 is 0 Å². The molecule has 1 fully saturated rings. The van der Waals surface area contributed by atoms with Crippen LogP contribution in [0.2, 0.25) is 0 Å². The number of carbonyl (C=O) groups is 3. The van der Waals surface area contributed by atoms with E-state index in [-0.39, 0.29) is 18.4 Å². The third-order valence-corrected chi connectivity index (χ3v) is 5.62. The standard InChI is InChI=1S/C20H18N2O4S/c23-18(10-17-19(24)21-20(25)27-17)22-11-14-8-4-5-9-15(14)26-16(12-22)13-6-2-1-3-7-13/h1-9,16-17H,10-12H2,(H,21,24,25). The molecule has 0 radical (unpaired) electrons. The number of nitrogens with one attached hydrogen (secondary N) is 1. The molecule has 0 spiro atoms. The van der Waals surface area contributed by atoms with Gasteiger partial charge in [0.25, 0.3) is 5.24 Å². The van der Waals surface area contributed by atoms with Crippen LogP contribution in [-0.2, 0) is 16.1 Å². The summed E-state index contributed by atoms with van der Waals surface area (Å²) in [6.07, 6.45) is -0.308. The molecule has 2 aliphatic heterocycles. The minimum atomic E-state index is -0.667. The van der Waals surface area contributed by atoms with Crippen LogP contribution in [0.1, 0.15) is 23.7 Å². The van der Waals surface area contributed by atoms with Crippen LogP contribution in [0.3, 0.4) is 0 Å². The van der Waals surface area contributed by atoms with E-state index in [1.807, 2.05) is 54.6 Å². The van der Waals surface area contributed by atoms with Crippen LogP contribution in [0.15, 0.2) is 54.6 Å². The van der Waals surface area contributed by atoms with E-state index in [0.29, 0.717) is 13.1 Å². The van der Waals surface area contributed by atoms with E-state index >= 15 is 0 Å². The topological polar surface area (TPSA) is 75.7 Å². The molecule has 4 rings (SSSR count). The number of fused-ring (bicyclic) bond motifs is 1. The van der Waals surface area contributed by atoms with E-state index in [2.05, 4.69) is 5.32 Å². The molecule has 27 heavy (non-hydrogen) atoms. The van der Waals surface area contributed by atoms with Crippen LogP contribution in [0.5, 0.6) is 5.75 Å². The van der Waals surface area contributed by atoms with Gasteiger partial charge in [0.2, 0.25) is 11.8 Å². The Morgan fingerprint density at radius 2 is 1.85 bits per heavy atom. The smallest absolute Gasteiger partial charge is 0.286 e. The molecule has 2 unspecified atom stereocenters. The summed E-state index contributed by atoms with van der Waals surface area (Å²) in [6, 6.07) is 17.4. The molecule has 7 heteroatoms. The van der Waals surface area contributed by atoms with Gasteiger partial charge < -0.3 is 9.64 Å². The molecule has 0 bridgehead atoms. The zero-order valence-electron chi connectivity index (χ0n) is 14.5. The summed E-state index contributed by atoms with van der Waals surface area (Å²) in [5.74, 6) is 0.188. The number of amides is 3. The third kappa shape index (κ3) is 3.83. The molecule has 2 aromatic rings. The summed E-state index contributed by atoms with van der Waals surface area (Å²) in [6.45, 7) is 0.787. The molecular weight excluding hydrogens is 364 g/mol. The van der Waals surface area contributed by atoms with E-state index in [4.69, 9.17) is 4.74 Å². The first kappa shape index (κ1) is 17.6. The lowest BCUT2D eigenvalue weighted by atomic mass is 10.1. The molecule has 0 aromatic heterocycles. The van der Waals surface area contributed by atoms with Crippen molar-refractivity contribution in [2.45, 2.75) is 24.3 Å². The number of para-hydroxylation sites is 1. The van der Waals surface area contributed by atoms with E-state index in [1.54, 1.807) is 4.90 Å². The Balaban J connectivity index is 1.58. The summed E-state index contributed by atoms with van der Waals surface area (Å²) in [4.78, 5) is 37.8. The molecule has 138 valence electrons. The second-order valence-electron chi connectivity index (χ2n) is 6.49. The van der Waals surface area contributed by atoms with Gasteiger partial charge in [-0.3, -0.25) is 19.7 Å². The highest BCUT2D eigenvalue weighted by Gasteiger charge is 2.35. The van der Waals surface area contributed by atoms with Gasteiger partial charge in [-0.1, -0.05) is 60.3 Å². The van der Waals surface area contributed by atoms with Crippen LogP contribution in [-0.4, -0.2) is 33.7 Å². The van der Waals surface area contributed by atoms with Gasteiger partial charge in [0.05, 0.1) is 6.54 Å². The van der Waals surface area contributed by atoms with E-state index in [0.717, 1.165) is 28.6 Å². The maximum atomic E-state index is 12.9. The number of rotatable bonds is 3. The maximum Gasteiger partial charge on any atom is 0.286 e. The quantitative estimate of drug-likeness (QED) is 0.883. The highest BCUT2D eigenvalue weighted by Crippen LogP contribution is 2.32. The van der Waals surface area contributed by atoms with Crippen molar-refractivity contribution in [1.82, 2.24) is 10.2 Å². The van der Waals surface area contributed by atoms with Gasteiger partial charge in [0.15, 0.2) is 0 Å². The Morgan fingerprint density at radius 3 is 2.59 bits per heavy atom. The minimum Gasteiger partial charge on any atom is -0.484 e. The molecule has 0 aliphatic carbocycles. The van der Waals surface area contributed by atoms with Crippen molar-refractivity contribution in [3.05, 3.63) is 65.7 Å². The fraction of sp³-hybridized carbons (Fsp3) is 0.250. The number of carbonyl (C=O) groups excluding carboxylic acids is 3. The summed E-state index contributed by atoms with van der Waals surface area (Å²) in [7, 11) is 0. The monoisotopic (exact) mass is 382 g/mol. The Morgan fingerprint density at radius 1 is 1.11 bits per heavy atom. The molecule has 1 saturated heterocycles. The second-order valence-corrected chi connectivity index (χ2v) is 7.66. The zero-order valence-corrected chi connectivity index (χ0v) is 15.3. The number of benzene rings is 2. The molecule has 2 heterocycles. The molecule has 0 saturated carbocycles. The molecule has 2 aliphatic rings. The number of hydrogen-bond donors (Lipinski definition) is 1. The first-order valence-corrected chi connectivity index (χ1v) is 9.57. The summed E-state index contributed by atoms with van der Waals surface area (Å²) in [5.41, 5.74) is 1.90. The van der Waals surface area contributed by atoms with Crippen LogP contribution in [0.4, 0.5) is 4.79 Å². The largest absolute Gasteiger partial charge is 0.484 e. The number of imide groups is 1. The average molecular weight is 382 g/mol. The van der Waals surface area contributed by atoms with E-state index < -0.39 is 16.4 Å². The zero-order chi connectivity index (χ0) is 18.8. The summed E-state index contributed by atoms with van der Waals surface area (Å²) in [5, 5.41) is 1.16. The Hall–Kier alpha value is -2.80. The molecule has 2 atom stereocenters. The predicted molar refractivity (Wildman–Crippen MR) is 101 cm³/mol. The SMILES string of the molecule is O=C1NC(=O)C(CC(=O)N2Cc3ccccc3OC(c3ccccc3)C2)S1. The van der Waals surface area contributed by atoms with E-state index in [9.17, 15) is 14.4 Å². The van der Waals surface area contributed by atoms with E-state index in [1.165, 1.54) is 0 Å². The van der Waals surface area contributed by atoms with Crippen molar-refractivity contribution >= 4 is 28.8 Å². The van der Waals surface area contributed by atoms with Crippen LogP contribution in [0.25, 0.3) is 0 Å². The van der Waals surface area contributed by atoms with Gasteiger partial charge in [0.1, 0.15) is 17.1 Å². The third-order valence-electron chi connectivity index (χ3n) is 4.64. The average Bonchev–Trinajstić information content (AvgIpc) is 2.88. The molecule has 6 nitrogen and oxygen atoms in total. The van der Waals surface area contributed by atoms with Gasteiger partial charge in [-0.25, -0.2) is 0 Å². The lowest BCUT2D eigenvalue weighted by Crippen LogP contribution is -2.37. The normalized spacial score (nSPS) is 21.9. The molecule has 3 amide bonds. The first-order chi connectivity index (χ1) is 13.1. The molecular formula is C20H18N2O4S. The van der Waals surface area contributed by atoms with Gasteiger partial charge in [-0.2, -0.15) is 0 Å². The first-order valence-electron chi connectivity index (χ1n) is 8.69. The van der Waals surface area contributed by atoms with Gasteiger partial charge in [-0.05, 0) is 11.6 Å². The van der Waals surface area contributed by atoms with Crippen LogP contribution < -0.4 is 10.1 Å². The minimum absolute atomic E-state index is 0.00802. The highest BCUT2D eigenvalue weighted by atomic mass is 32.2. The lowest BCUT2D eigenvalue weighted by Gasteiger charge is -2.25. The number of hydrogen-bond acceptors (Lipinski definition) is 5. The highest BCUT2D eigenvalue weighted by molar-refractivity contribution is 8.15. The van der Waals surface area contributed by atoms with Crippen molar-refractivity contribution in [1.29, 1.82) is 0 Å². The number of nitrogens with zero attached hydrogens (tertiary/aromatic N) is 1. The second kappa shape index (κ2) is 7.44. The van der Waals surface area contributed by atoms with Crippen molar-refractivity contribution in [3.63, 3.8) is 0 Å². The lowest BCUT2D eigenvalue weighted by molar-refractivity contribution is -0.134. The predicted octanol–water partition coefficient (Wildman–Crippen LogP) is 2.89.